The van der Waals surface area contributed by atoms with Crippen molar-refractivity contribution < 1.29 is 42.1 Å². The minimum Gasteiger partial charge on any atom is -0.462 e. The molecule has 2 atom stereocenters. The second-order valence-corrected chi connectivity index (χ2v) is 30.3. The maximum absolute atomic E-state index is 12.9. The van der Waals surface area contributed by atoms with Crippen molar-refractivity contribution in [1.29, 1.82) is 0 Å². The molecule has 0 saturated heterocycles. The molecule has 526 valence electrons. The summed E-state index contributed by atoms with van der Waals surface area (Å²) in [6.45, 7) is 4.54. The lowest BCUT2D eigenvalue weighted by molar-refractivity contribution is -0.870. The Hall–Kier alpha value is -0.990. The predicted octanol–water partition coefficient (Wildman–Crippen LogP) is 26.1. The van der Waals surface area contributed by atoms with Gasteiger partial charge >= 0.3 is 19.8 Å². The van der Waals surface area contributed by atoms with Crippen molar-refractivity contribution in [1.82, 2.24) is 0 Å². The Kier molecular flexibility index (Phi) is 69.5. The molecule has 0 aliphatic carbocycles. The summed E-state index contributed by atoms with van der Waals surface area (Å²) < 4.78 is 34.8. The van der Waals surface area contributed by atoms with E-state index < -0.39 is 26.5 Å². The summed E-state index contributed by atoms with van der Waals surface area (Å²) in [5.41, 5.74) is 0. The molecule has 88 heavy (non-hydrogen) atoms. The maximum Gasteiger partial charge on any atom is 0.472 e. The Morgan fingerprint density at radius 2 is 0.511 bits per heavy atom. The third-order valence-corrected chi connectivity index (χ3v) is 19.6. The van der Waals surface area contributed by atoms with Gasteiger partial charge < -0.3 is 18.9 Å². The highest BCUT2D eigenvalue weighted by atomic mass is 31.2. The number of phosphoric ester groups is 1. The Bertz CT molecular complexity index is 1440. The smallest absolute Gasteiger partial charge is 0.462 e. The lowest BCUT2D eigenvalue weighted by atomic mass is 10.0. The molecule has 0 aliphatic rings. The fourth-order valence-corrected chi connectivity index (χ4v) is 13.3. The van der Waals surface area contributed by atoms with Crippen molar-refractivity contribution in [2.45, 2.75) is 444 Å². The highest BCUT2D eigenvalue weighted by Gasteiger charge is 2.27. The summed E-state index contributed by atoms with van der Waals surface area (Å²) in [7, 11) is 1.51. The van der Waals surface area contributed by atoms with Gasteiger partial charge in [-0.2, -0.15) is 0 Å². The van der Waals surface area contributed by atoms with Crippen molar-refractivity contribution in [2.24, 2.45) is 0 Å². The van der Waals surface area contributed by atoms with Gasteiger partial charge in [0, 0.05) is 12.8 Å². The molecule has 9 nitrogen and oxygen atoms in total. The second kappa shape index (κ2) is 70.3. The van der Waals surface area contributed by atoms with Crippen LogP contribution in [-0.2, 0) is 32.7 Å². The lowest BCUT2D eigenvalue weighted by Gasteiger charge is -2.24. The summed E-state index contributed by atoms with van der Waals surface area (Å²) in [4.78, 5) is 35.9. The van der Waals surface area contributed by atoms with Gasteiger partial charge in [0.05, 0.1) is 27.7 Å². The van der Waals surface area contributed by atoms with Crippen LogP contribution in [0.25, 0.3) is 0 Å². The van der Waals surface area contributed by atoms with E-state index in [1.807, 2.05) is 21.1 Å². The minimum absolute atomic E-state index is 0.0378. The normalized spacial score (nSPS) is 12.9. The quantitative estimate of drug-likeness (QED) is 0.0278. The fraction of sp³-hybridized carbons (Fsp3) is 0.974. The van der Waals surface area contributed by atoms with Crippen molar-refractivity contribution in [3.63, 3.8) is 0 Å². The van der Waals surface area contributed by atoms with E-state index in [1.54, 1.807) is 0 Å². The van der Waals surface area contributed by atoms with E-state index >= 15 is 0 Å². The van der Waals surface area contributed by atoms with Gasteiger partial charge in [-0.1, -0.05) is 412 Å². The Morgan fingerprint density at radius 1 is 0.307 bits per heavy atom. The van der Waals surface area contributed by atoms with Crippen LogP contribution in [0.1, 0.15) is 438 Å². The number of esters is 2. The van der Waals surface area contributed by atoms with Gasteiger partial charge in [-0.25, -0.2) is 4.57 Å². The van der Waals surface area contributed by atoms with Gasteiger partial charge in [0.15, 0.2) is 6.10 Å². The average Bonchev–Trinajstić information content (AvgIpc) is 3.58. The average molecular weight is 1270 g/mol. The van der Waals surface area contributed by atoms with E-state index in [1.165, 1.54) is 372 Å². The van der Waals surface area contributed by atoms with Crippen molar-refractivity contribution in [3.05, 3.63) is 0 Å². The number of rotatable bonds is 76. The van der Waals surface area contributed by atoms with Gasteiger partial charge in [-0.15, -0.1) is 0 Å². The Balaban J connectivity index is 3.83. The highest BCUT2D eigenvalue weighted by Crippen LogP contribution is 2.43. The van der Waals surface area contributed by atoms with E-state index in [4.69, 9.17) is 18.5 Å². The molecule has 0 aromatic carbocycles. The number of carbonyl (C=O) groups excluding carboxylic acids is 2. The number of hydrogen-bond donors (Lipinski definition) is 1. The SMILES string of the molecule is CCCCCCCCCCCCCCCCCCCCCCCCCCCCCCCCCCCCCCCCCCCC(=O)OC(COC(=O)CCCCCCCCCCCCCCCCCCCCCCCCC)COP(=O)(O)OCC[N+](C)(C)C. The first kappa shape index (κ1) is 87.0. The number of unbranched alkanes of at least 4 members (excludes halogenated alkanes) is 62. The zero-order chi connectivity index (χ0) is 64.1. The van der Waals surface area contributed by atoms with Crippen LogP contribution in [0.15, 0.2) is 0 Å². The lowest BCUT2D eigenvalue weighted by Crippen LogP contribution is -2.37. The minimum atomic E-state index is -4.39. The molecule has 2 unspecified atom stereocenters. The van der Waals surface area contributed by atoms with Crippen LogP contribution in [-0.4, -0.2) is 74.9 Å². The zero-order valence-corrected chi connectivity index (χ0v) is 61.2. The van der Waals surface area contributed by atoms with E-state index in [-0.39, 0.29) is 25.6 Å². The van der Waals surface area contributed by atoms with Crippen LogP contribution in [0, 0.1) is 0 Å². The Morgan fingerprint density at radius 3 is 0.727 bits per heavy atom. The maximum atomic E-state index is 12.9. The number of quaternary nitrogens is 1. The topological polar surface area (TPSA) is 108 Å². The molecule has 0 aliphatic heterocycles. The molecule has 0 fully saturated rings. The number of phosphoric acid groups is 1. The van der Waals surface area contributed by atoms with Gasteiger partial charge in [-0.05, 0) is 12.8 Å². The number of hydrogen-bond acceptors (Lipinski definition) is 7. The van der Waals surface area contributed by atoms with Crippen LogP contribution in [0.2, 0.25) is 0 Å². The molecule has 0 spiro atoms. The van der Waals surface area contributed by atoms with Crippen LogP contribution in [0.3, 0.4) is 0 Å². The molecule has 0 bridgehead atoms. The molecular weight excluding hydrogens is 1110 g/mol. The fourth-order valence-electron chi connectivity index (χ4n) is 12.6. The van der Waals surface area contributed by atoms with Gasteiger partial charge in [0.1, 0.15) is 19.8 Å². The monoisotopic (exact) mass is 1270 g/mol. The van der Waals surface area contributed by atoms with Gasteiger partial charge in [0.2, 0.25) is 0 Å². The Labute approximate surface area is 550 Å². The van der Waals surface area contributed by atoms with E-state index in [2.05, 4.69) is 13.8 Å². The predicted molar refractivity (Wildman–Crippen MR) is 382 cm³/mol. The molecular formula is C78H157NO8P+. The number of nitrogens with zero attached hydrogens (tertiary/aromatic N) is 1. The molecule has 0 aromatic heterocycles. The van der Waals surface area contributed by atoms with Crippen molar-refractivity contribution >= 4 is 19.8 Å². The third kappa shape index (κ3) is 74.1. The molecule has 0 aromatic rings. The summed E-state index contributed by atoms with van der Waals surface area (Å²) in [6.07, 6.45) is 87.0. The molecule has 0 heterocycles. The van der Waals surface area contributed by atoms with Gasteiger partial charge in [0.25, 0.3) is 0 Å². The van der Waals surface area contributed by atoms with Gasteiger partial charge in [-0.3, -0.25) is 18.6 Å². The first-order chi connectivity index (χ1) is 43.0. The molecule has 0 radical (unpaired) electrons. The van der Waals surface area contributed by atoms with Crippen molar-refractivity contribution in [3.8, 4) is 0 Å². The van der Waals surface area contributed by atoms with Crippen molar-refractivity contribution in [2.75, 3.05) is 47.5 Å². The molecule has 0 rings (SSSR count). The number of likely N-dealkylation sites (N-methyl/N-ethyl adjacent to an activating group) is 1. The summed E-state index contributed by atoms with van der Waals surface area (Å²) in [5.74, 6) is -0.766. The van der Waals surface area contributed by atoms with E-state index in [0.29, 0.717) is 17.4 Å². The van der Waals surface area contributed by atoms with Crippen LogP contribution in [0.4, 0.5) is 0 Å². The second-order valence-electron chi connectivity index (χ2n) is 28.8. The van der Waals surface area contributed by atoms with Crippen LogP contribution in [0.5, 0.6) is 0 Å². The molecule has 0 saturated carbocycles. The molecule has 1 N–H and O–H groups in total. The largest absolute Gasteiger partial charge is 0.472 e. The third-order valence-electron chi connectivity index (χ3n) is 18.6. The summed E-state index contributed by atoms with van der Waals surface area (Å²) in [5, 5.41) is 0. The zero-order valence-electron chi connectivity index (χ0n) is 60.3. The summed E-state index contributed by atoms with van der Waals surface area (Å²) in [6, 6.07) is 0. The first-order valence-electron chi connectivity index (χ1n) is 39.8. The van der Waals surface area contributed by atoms with Crippen LogP contribution < -0.4 is 0 Å². The highest BCUT2D eigenvalue weighted by molar-refractivity contribution is 7.47. The molecule has 0 amide bonds. The first-order valence-corrected chi connectivity index (χ1v) is 41.3. The van der Waals surface area contributed by atoms with E-state index in [9.17, 15) is 19.0 Å². The number of carbonyl (C=O) groups is 2. The van der Waals surface area contributed by atoms with E-state index in [0.717, 1.165) is 38.5 Å². The standard InChI is InChI=1S/C78H156NO8P/c1-6-8-10-12-14-16-18-20-22-24-26-28-30-31-32-33-34-35-36-37-38-39-40-41-42-43-44-45-46-47-49-51-53-55-57-59-61-63-65-67-69-71-78(81)87-76(75-86-88(82,83)85-73-72-79(3,4)5)74-84-77(80)70-68-66-64-62-60-58-56-54-52-50-48-29-27-25-23-21-19-17-15-13-11-9-7-2/h76H,6-75H2,1-5H3/p+1. The number of ether oxygens (including phenoxy) is 2. The summed E-state index contributed by atoms with van der Waals surface area (Å²) >= 11 is 0. The molecule has 10 heteroatoms. The van der Waals surface area contributed by atoms with Crippen LogP contribution >= 0.6 is 7.82 Å².